The number of likely N-dealkylation sites (tertiary alicyclic amines) is 2. The van der Waals surface area contributed by atoms with E-state index in [1.807, 2.05) is 18.3 Å². The van der Waals surface area contributed by atoms with E-state index in [1.165, 1.54) is 6.42 Å². The molecule has 34 heavy (non-hydrogen) atoms. The summed E-state index contributed by atoms with van der Waals surface area (Å²) in [6, 6.07) is 5.26. The third-order valence-electron chi connectivity index (χ3n) is 7.13. The maximum atomic E-state index is 14.9. The minimum Gasteiger partial charge on any atom is -0.371 e. The molecule has 2 aliphatic heterocycles. The molecule has 0 bridgehead atoms. The second kappa shape index (κ2) is 10.9. The molecule has 0 aliphatic carbocycles. The molecular formula is C28H38F2N4. The summed E-state index contributed by atoms with van der Waals surface area (Å²) in [6.45, 7) is 11.8. The maximum absolute atomic E-state index is 14.9. The Kier molecular flexibility index (Phi) is 7.97. The van der Waals surface area contributed by atoms with E-state index < -0.39 is 5.67 Å². The molecule has 2 aliphatic rings. The highest BCUT2D eigenvalue weighted by molar-refractivity contribution is 5.67. The van der Waals surface area contributed by atoms with E-state index >= 15 is 0 Å². The fourth-order valence-corrected chi connectivity index (χ4v) is 5.19. The number of hydrogen-bond acceptors (Lipinski definition) is 4. The Morgan fingerprint density at radius 3 is 2.41 bits per heavy atom. The predicted octanol–water partition coefficient (Wildman–Crippen LogP) is 6.13. The molecule has 0 N–H and O–H groups in total. The lowest BCUT2D eigenvalue weighted by Crippen LogP contribution is -2.41. The lowest BCUT2D eigenvalue weighted by Gasteiger charge is -2.34. The van der Waals surface area contributed by atoms with Crippen LogP contribution < -0.4 is 0 Å². The van der Waals surface area contributed by atoms with E-state index in [9.17, 15) is 8.78 Å². The van der Waals surface area contributed by atoms with Crippen LogP contribution in [0, 0.1) is 11.7 Å². The largest absolute Gasteiger partial charge is 0.371 e. The summed E-state index contributed by atoms with van der Waals surface area (Å²) in [7, 11) is 0. The summed E-state index contributed by atoms with van der Waals surface area (Å²) in [5.74, 6) is 0.386. The van der Waals surface area contributed by atoms with Crippen LogP contribution in [-0.4, -0.2) is 58.2 Å². The SMILES string of the molecule is C=C(c1ccc(-c2cnc(CCC3CCN(CC(C)(C)F)CC3)cn2)cc1F)N1CCCCC1. The Bertz CT molecular complexity index is 953. The van der Waals surface area contributed by atoms with Gasteiger partial charge in [0.15, 0.2) is 0 Å². The monoisotopic (exact) mass is 468 g/mol. The van der Waals surface area contributed by atoms with Crippen LogP contribution in [0.4, 0.5) is 8.78 Å². The minimum absolute atomic E-state index is 0.263. The zero-order chi connectivity index (χ0) is 24.1. The van der Waals surface area contributed by atoms with E-state index in [4.69, 9.17) is 0 Å². The van der Waals surface area contributed by atoms with Crippen LogP contribution in [0.3, 0.4) is 0 Å². The predicted molar refractivity (Wildman–Crippen MR) is 135 cm³/mol. The Balaban J connectivity index is 1.30. The number of aryl methyl sites for hydroxylation is 1. The quantitative estimate of drug-likeness (QED) is 0.466. The third-order valence-corrected chi connectivity index (χ3v) is 7.13. The molecule has 1 aromatic heterocycles. The molecule has 0 unspecified atom stereocenters. The van der Waals surface area contributed by atoms with Crippen LogP contribution >= 0.6 is 0 Å². The van der Waals surface area contributed by atoms with Crippen molar-refractivity contribution in [3.05, 3.63) is 54.2 Å². The van der Waals surface area contributed by atoms with Gasteiger partial charge in [0.25, 0.3) is 0 Å². The van der Waals surface area contributed by atoms with Gasteiger partial charge in [0.2, 0.25) is 0 Å². The van der Waals surface area contributed by atoms with Crippen LogP contribution in [0.2, 0.25) is 0 Å². The number of nitrogens with zero attached hydrogens (tertiary/aromatic N) is 4. The van der Waals surface area contributed by atoms with Crippen molar-refractivity contribution in [2.24, 2.45) is 5.92 Å². The van der Waals surface area contributed by atoms with Crippen molar-refractivity contribution in [2.45, 2.75) is 64.5 Å². The first-order chi connectivity index (χ1) is 16.3. The molecule has 6 heteroatoms. The van der Waals surface area contributed by atoms with E-state index in [1.54, 1.807) is 26.1 Å². The van der Waals surface area contributed by atoms with Crippen molar-refractivity contribution in [2.75, 3.05) is 32.7 Å². The van der Waals surface area contributed by atoms with Crippen molar-refractivity contribution in [3.8, 4) is 11.3 Å². The van der Waals surface area contributed by atoms with Gasteiger partial charge in [0, 0.05) is 42.7 Å². The van der Waals surface area contributed by atoms with E-state index in [0.29, 0.717) is 23.7 Å². The van der Waals surface area contributed by atoms with Gasteiger partial charge in [-0.25, -0.2) is 8.78 Å². The van der Waals surface area contributed by atoms with Gasteiger partial charge in [-0.2, -0.15) is 0 Å². The first-order valence-corrected chi connectivity index (χ1v) is 12.7. The summed E-state index contributed by atoms with van der Waals surface area (Å²) in [4.78, 5) is 13.6. The van der Waals surface area contributed by atoms with Crippen LogP contribution in [-0.2, 0) is 6.42 Å². The van der Waals surface area contributed by atoms with Gasteiger partial charge in [-0.15, -0.1) is 0 Å². The standard InChI is InChI=1S/C28H38F2N4/c1-21(34-13-5-4-6-14-34)25-10-8-23(17-26(25)29)27-19-31-24(18-32-27)9-7-22-11-15-33(16-12-22)20-28(2,3)30/h8,10,17-19,22H,1,4-7,9,11-16,20H2,2-3H3. The number of benzene rings is 1. The Labute approximate surface area is 203 Å². The van der Waals surface area contributed by atoms with Gasteiger partial charge in [0.1, 0.15) is 11.5 Å². The van der Waals surface area contributed by atoms with Gasteiger partial charge in [-0.3, -0.25) is 9.97 Å². The first kappa shape index (κ1) is 24.8. The van der Waals surface area contributed by atoms with Crippen LogP contribution in [0.5, 0.6) is 0 Å². The number of alkyl halides is 1. The van der Waals surface area contributed by atoms with Gasteiger partial charge in [-0.1, -0.05) is 12.6 Å². The summed E-state index contributed by atoms with van der Waals surface area (Å²) in [5, 5.41) is 0. The summed E-state index contributed by atoms with van der Waals surface area (Å²) >= 11 is 0. The molecule has 3 heterocycles. The molecule has 4 nitrogen and oxygen atoms in total. The molecule has 184 valence electrons. The highest BCUT2D eigenvalue weighted by Crippen LogP contribution is 2.28. The topological polar surface area (TPSA) is 32.3 Å². The second-order valence-electron chi connectivity index (χ2n) is 10.6. The molecule has 2 aromatic rings. The number of rotatable bonds is 8. The number of halogens is 2. The first-order valence-electron chi connectivity index (χ1n) is 12.7. The Hall–Kier alpha value is -2.34. The zero-order valence-electron chi connectivity index (χ0n) is 20.7. The van der Waals surface area contributed by atoms with Crippen molar-refractivity contribution in [3.63, 3.8) is 0 Å². The van der Waals surface area contributed by atoms with E-state index in [0.717, 1.165) is 81.7 Å². The Morgan fingerprint density at radius 1 is 1.06 bits per heavy atom. The molecule has 0 saturated carbocycles. The van der Waals surface area contributed by atoms with Crippen molar-refractivity contribution >= 4 is 5.70 Å². The van der Waals surface area contributed by atoms with Crippen LogP contribution in [0.25, 0.3) is 17.0 Å². The van der Waals surface area contributed by atoms with Crippen molar-refractivity contribution in [1.82, 2.24) is 19.8 Å². The molecule has 0 amide bonds. The van der Waals surface area contributed by atoms with Crippen LogP contribution in [0.15, 0.2) is 37.2 Å². The molecule has 2 fully saturated rings. The number of piperidine rings is 2. The summed E-state index contributed by atoms with van der Waals surface area (Å²) in [5.41, 5.74) is 2.58. The molecule has 4 rings (SSSR count). The fraction of sp³-hybridized carbons (Fsp3) is 0.571. The highest BCUT2D eigenvalue weighted by Gasteiger charge is 2.25. The molecule has 0 atom stereocenters. The lowest BCUT2D eigenvalue weighted by molar-refractivity contribution is 0.0942. The van der Waals surface area contributed by atoms with Gasteiger partial charge in [0.05, 0.1) is 17.6 Å². The van der Waals surface area contributed by atoms with Crippen LogP contribution in [0.1, 0.15) is 63.6 Å². The zero-order valence-corrected chi connectivity index (χ0v) is 20.7. The normalized spacial score (nSPS) is 18.3. The van der Waals surface area contributed by atoms with Crippen molar-refractivity contribution in [1.29, 1.82) is 0 Å². The molecule has 2 saturated heterocycles. The second-order valence-corrected chi connectivity index (χ2v) is 10.6. The van der Waals surface area contributed by atoms with Gasteiger partial charge < -0.3 is 9.80 Å². The van der Waals surface area contributed by atoms with E-state index in [-0.39, 0.29) is 5.82 Å². The summed E-state index contributed by atoms with van der Waals surface area (Å²) in [6.07, 6.45) is 11.2. The Morgan fingerprint density at radius 2 is 1.79 bits per heavy atom. The maximum Gasteiger partial charge on any atom is 0.133 e. The molecule has 1 aromatic carbocycles. The molecule has 0 radical (unpaired) electrons. The number of hydrogen-bond donors (Lipinski definition) is 0. The van der Waals surface area contributed by atoms with Gasteiger partial charge in [-0.05, 0) is 89.9 Å². The fourth-order valence-electron chi connectivity index (χ4n) is 5.19. The third kappa shape index (κ3) is 6.62. The average molecular weight is 469 g/mol. The van der Waals surface area contributed by atoms with Gasteiger partial charge >= 0.3 is 0 Å². The molecular weight excluding hydrogens is 430 g/mol. The van der Waals surface area contributed by atoms with E-state index in [2.05, 4.69) is 26.3 Å². The number of aromatic nitrogens is 2. The molecule has 0 spiro atoms. The minimum atomic E-state index is -1.13. The smallest absolute Gasteiger partial charge is 0.133 e. The average Bonchev–Trinajstić information content (AvgIpc) is 2.83. The van der Waals surface area contributed by atoms with Crippen molar-refractivity contribution < 1.29 is 8.78 Å². The highest BCUT2D eigenvalue weighted by atomic mass is 19.1. The summed E-state index contributed by atoms with van der Waals surface area (Å²) < 4.78 is 28.8. The lowest BCUT2D eigenvalue weighted by atomic mass is 9.91.